The van der Waals surface area contributed by atoms with Gasteiger partial charge >= 0.3 is 0 Å². The molecule has 11 nitrogen and oxygen atoms in total. The van der Waals surface area contributed by atoms with E-state index in [0.29, 0.717) is 124 Å². The SMILES string of the molecule is CC(C)CCC[C@H](C)CCC[C@H](C)CCCC(C)CCOCC(COCCOCCOCCOCCOCCOCCOCCOCCO)OCCC(C)CCC[C@@H](C)CCC[C@@H](C)CCCC(C)C. The minimum atomic E-state index is -0.0729. The van der Waals surface area contributed by atoms with Gasteiger partial charge in [0, 0.05) is 13.2 Å². The van der Waals surface area contributed by atoms with Gasteiger partial charge in [-0.05, 0) is 60.2 Å². The standard InChI is InChI=1S/C59H120O11/c1-51(2)17-11-19-53(5)21-13-23-55(7)25-15-27-57(9)29-32-68-49-59(70-33-30-58(10)28-16-26-56(8)24-14-22-54(6)20-12-18-52(3)4)50-69-48-47-67-46-45-66-44-43-65-42-41-64-40-39-63-38-37-62-36-35-61-34-31-60/h51-60H,11-50H2,1-10H3/t53-,54-,55-,56-,57?,58?,59?/m0/s1. The minimum absolute atomic E-state index is 0.0281. The minimum Gasteiger partial charge on any atom is -0.394 e. The van der Waals surface area contributed by atoms with Crippen LogP contribution in [0.2, 0.25) is 0 Å². The predicted molar refractivity (Wildman–Crippen MR) is 291 cm³/mol. The molecule has 0 aromatic rings. The molecule has 0 aliphatic rings. The maximum atomic E-state index is 8.67. The van der Waals surface area contributed by atoms with Crippen molar-refractivity contribution in [2.75, 3.05) is 132 Å². The number of ether oxygens (including phenoxy) is 10. The van der Waals surface area contributed by atoms with E-state index < -0.39 is 0 Å². The Hall–Kier alpha value is -0.440. The second-order valence-corrected chi connectivity index (χ2v) is 22.2. The zero-order valence-corrected chi connectivity index (χ0v) is 48.0. The fourth-order valence-electron chi connectivity index (χ4n) is 8.77. The largest absolute Gasteiger partial charge is 0.394 e. The smallest absolute Gasteiger partial charge is 0.104 e. The van der Waals surface area contributed by atoms with Crippen LogP contribution in [0.3, 0.4) is 0 Å². The molecule has 0 amide bonds. The molecule has 0 aliphatic carbocycles. The van der Waals surface area contributed by atoms with Crippen molar-refractivity contribution in [2.24, 2.45) is 47.3 Å². The maximum Gasteiger partial charge on any atom is 0.104 e. The van der Waals surface area contributed by atoms with E-state index in [9.17, 15) is 0 Å². The summed E-state index contributed by atoms with van der Waals surface area (Å²) in [5, 5.41) is 8.67. The fourth-order valence-corrected chi connectivity index (χ4v) is 8.77. The molecule has 3 unspecified atom stereocenters. The first-order chi connectivity index (χ1) is 33.9. The number of aliphatic hydroxyl groups excluding tert-OH is 1. The summed E-state index contributed by atoms with van der Waals surface area (Å²) < 4.78 is 57.3. The normalized spacial score (nSPS) is 15.2. The van der Waals surface area contributed by atoms with Gasteiger partial charge in [-0.1, -0.05) is 185 Å². The van der Waals surface area contributed by atoms with Crippen LogP contribution in [0, 0.1) is 47.3 Å². The molecule has 0 saturated heterocycles. The third kappa shape index (κ3) is 53.8. The highest BCUT2D eigenvalue weighted by atomic mass is 16.6. The van der Waals surface area contributed by atoms with E-state index in [-0.39, 0.29) is 12.7 Å². The van der Waals surface area contributed by atoms with Crippen LogP contribution in [0.4, 0.5) is 0 Å². The Kier molecular flexibility index (Phi) is 53.1. The Morgan fingerprint density at radius 2 is 0.471 bits per heavy atom. The first-order valence-electron chi connectivity index (χ1n) is 29.3. The average Bonchev–Trinajstić information content (AvgIpc) is 3.31. The Balaban J connectivity index is 4.33. The van der Waals surface area contributed by atoms with Crippen LogP contribution in [0.1, 0.15) is 198 Å². The molecule has 70 heavy (non-hydrogen) atoms. The van der Waals surface area contributed by atoms with E-state index in [1.54, 1.807) is 0 Å². The van der Waals surface area contributed by atoms with Crippen LogP contribution in [0.15, 0.2) is 0 Å². The van der Waals surface area contributed by atoms with E-state index in [0.717, 1.165) is 61.6 Å². The van der Waals surface area contributed by atoms with Gasteiger partial charge in [0.05, 0.1) is 119 Å². The van der Waals surface area contributed by atoms with Crippen LogP contribution >= 0.6 is 0 Å². The Bertz CT molecular complexity index is 1010. The summed E-state index contributed by atoms with van der Waals surface area (Å²) >= 11 is 0. The third-order valence-electron chi connectivity index (χ3n) is 13.7. The topological polar surface area (TPSA) is 113 Å². The molecule has 0 aromatic heterocycles. The maximum absolute atomic E-state index is 8.67. The molecule has 0 saturated carbocycles. The van der Waals surface area contributed by atoms with Crippen LogP contribution < -0.4 is 0 Å². The van der Waals surface area contributed by atoms with Crippen molar-refractivity contribution in [3.8, 4) is 0 Å². The van der Waals surface area contributed by atoms with E-state index in [2.05, 4.69) is 69.2 Å². The van der Waals surface area contributed by atoms with Gasteiger partial charge in [-0.2, -0.15) is 0 Å². The highest BCUT2D eigenvalue weighted by molar-refractivity contribution is 4.64. The van der Waals surface area contributed by atoms with Crippen LogP contribution in [0.5, 0.6) is 0 Å². The van der Waals surface area contributed by atoms with E-state index in [1.807, 2.05) is 0 Å². The molecule has 0 fully saturated rings. The molecule has 0 rings (SSSR count). The molecule has 1 N–H and O–H groups in total. The lowest BCUT2D eigenvalue weighted by molar-refractivity contribution is -0.0723. The molecule has 0 radical (unpaired) electrons. The Labute approximate surface area is 434 Å². The molecule has 422 valence electrons. The van der Waals surface area contributed by atoms with Crippen LogP contribution in [-0.4, -0.2) is 143 Å². The fraction of sp³-hybridized carbons (Fsp3) is 1.00. The summed E-state index contributed by atoms with van der Waals surface area (Å²) in [7, 11) is 0. The van der Waals surface area contributed by atoms with Gasteiger partial charge in [0.15, 0.2) is 0 Å². The summed E-state index contributed by atoms with van der Waals surface area (Å²) in [5.41, 5.74) is 0. The van der Waals surface area contributed by atoms with Gasteiger partial charge in [0.1, 0.15) is 6.10 Å². The van der Waals surface area contributed by atoms with Crippen molar-refractivity contribution in [3.63, 3.8) is 0 Å². The molecule has 0 aliphatic heterocycles. The third-order valence-corrected chi connectivity index (χ3v) is 13.7. The Morgan fingerprint density at radius 1 is 0.243 bits per heavy atom. The number of aliphatic hydroxyl groups is 1. The molecular formula is C59H120O11. The zero-order valence-electron chi connectivity index (χ0n) is 48.0. The number of hydrogen-bond donors (Lipinski definition) is 1. The summed E-state index contributed by atoms with van der Waals surface area (Å²) in [6.07, 6.45) is 26.6. The van der Waals surface area contributed by atoms with E-state index in [1.165, 1.54) is 116 Å². The van der Waals surface area contributed by atoms with Crippen molar-refractivity contribution in [2.45, 2.75) is 204 Å². The summed E-state index contributed by atoms with van der Waals surface area (Å²) in [6, 6.07) is 0. The first kappa shape index (κ1) is 69.6. The second-order valence-electron chi connectivity index (χ2n) is 22.2. The zero-order chi connectivity index (χ0) is 51.6. The Morgan fingerprint density at radius 3 is 0.757 bits per heavy atom. The first-order valence-corrected chi connectivity index (χ1v) is 29.3. The highest BCUT2D eigenvalue weighted by Gasteiger charge is 2.14. The van der Waals surface area contributed by atoms with Crippen molar-refractivity contribution in [3.05, 3.63) is 0 Å². The molecule has 0 spiro atoms. The molecular weight excluding hydrogens is 885 g/mol. The summed E-state index contributed by atoms with van der Waals surface area (Å²) in [4.78, 5) is 0. The van der Waals surface area contributed by atoms with Gasteiger partial charge < -0.3 is 52.5 Å². The van der Waals surface area contributed by atoms with Crippen LogP contribution in [0.25, 0.3) is 0 Å². The summed E-state index contributed by atoms with van der Waals surface area (Å²) in [6.45, 7) is 34.0. The molecule has 0 heterocycles. The van der Waals surface area contributed by atoms with Crippen molar-refractivity contribution in [1.82, 2.24) is 0 Å². The van der Waals surface area contributed by atoms with E-state index in [4.69, 9.17) is 52.5 Å². The lowest BCUT2D eigenvalue weighted by Gasteiger charge is -2.21. The van der Waals surface area contributed by atoms with Gasteiger partial charge in [-0.25, -0.2) is 0 Å². The number of rotatable bonds is 58. The van der Waals surface area contributed by atoms with Gasteiger partial charge in [0.25, 0.3) is 0 Å². The lowest BCUT2D eigenvalue weighted by atomic mass is 9.91. The van der Waals surface area contributed by atoms with Gasteiger partial charge in [-0.15, -0.1) is 0 Å². The van der Waals surface area contributed by atoms with Crippen molar-refractivity contribution >= 4 is 0 Å². The van der Waals surface area contributed by atoms with Crippen molar-refractivity contribution < 1.29 is 52.5 Å². The highest BCUT2D eigenvalue weighted by Crippen LogP contribution is 2.24. The molecule has 0 aromatic carbocycles. The average molecular weight is 1010 g/mol. The predicted octanol–water partition coefficient (Wildman–Crippen LogP) is 13.4. The van der Waals surface area contributed by atoms with Gasteiger partial charge in [-0.3, -0.25) is 0 Å². The van der Waals surface area contributed by atoms with Crippen LogP contribution in [-0.2, 0) is 47.4 Å². The molecule has 11 heteroatoms. The lowest BCUT2D eigenvalue weighted by Crippen LogP contribution is -2.28. The van der Waals surface area contributed by atoms with Crippen molar-refractivity contribution in [1.29, 1.82) is 0 Å². The second kappa shape index (κ2) is 53.4. The van der Waals surface area contributed by atoms with E-state index >= 15 is 0 Å². The summed E-state index contributed by atoms with van der Waals surface area (Å²) in [5.74, 6) is 6.40. The monoisotopic (exact) mass is 1000 g/mol. The molecule has 0 bridgehead atoms. The molecule has 7 atom stereocenters. The quantitative estimate of drug-likeness (QED) is 0.0588. The van der Waals surface area contributed by atoms with Gasteiger partial charge in [0.2, 0.25) is 0 Å². The number of hydrogen-bond acceptors (Lipinski definition) is 11.